The summed E-state index contributed by atoms with van der Waals surface area (Å²) in [4.78, 5) is 13.2. The van der Waals surface area contributed by atoms with E-state index in [0.29, 0.717) is 25.2 Å². The lowest BCUT2D eigenvalue weighted by Gasteiger charge is -2.60. The predicted octanol–water partition coefficient (Wildman–Crippen LogP) is 3.62. The van der Waals surface area contributed by atoms with Crippen LogP contribution in [0, 0.1) is 40.4 Å². The lowest BCUT2D eigenvalue weighted by atomic mass is 9.46. The monoisotopic (exact) mass is 448 g/mol. The van der Waals surface area contributed by atoms with Crippen molar-refractivity contribution in [1.82, 2.24) is 0 Å². The van der Waals surface area contributed by atoms with Gasteiger partial charge in [0.25, 0.3) is 0 Å². The quantitative estimate of drug-likeness (QED) is 0.515. The van der Waals surface area contributed by atoms with Gasteiger partial charge in [-0.25, -0.2) is 0 Å². The fraction of sp³-hybridized carbons (Fsp3) is 0.889. The molecular weight excluding hydrogens is 404 g/mol. The average Bonchev–Trinajstić information content (AvgIpc) is 2.99. The first-order valence-corrected chi connectivity index (χ1v) is 12.9. The second kappa shape index (κ2) is 8.18. The number of aliphatic hydroxyl groups is 4. The molecule has 0 heterocycles. The number of aliphatic hydroxyl groups excluding tert-OH is 3. The molecule has 4 rings (SSSR count). The molecule has 0 aromatic rings. The van der Waals surface area contributed by atoms with Crippen LogP contribution in [-0.2, 0) is 4.79 Å². The number of ketones is 1. The van der Waals surface area contributed by atoms with Crippen molar-refractivity contribution in [3.8, 4) is 0 Å². The Bertz CT molecular complexity index is 776. The van der Waals surface area contributed by atoms with Crippen molar-refractivity contribution in [1.29, 1.82) is 0 Å². The summed E-state index contributed by atoms with van der Waals surface area (Å²) in [6, 6.07) is 0. The van der Waals surface area contributed by atoms with Crippen LogP contribution in [0.2, 0.25) is 0 Å². The topological polar surface area (TPSA) is 98.0 Å². The van der Waals surface area contributed by atoms with Gasteiger partial charge in [0.2, 0.25) is 0 Å². The molecule has 4 aliphatic carbocycles. The molecular formula is C27H44O5. The summed E-state index contributed by atoms with van der Waals surface area (Å²) in [5, 5.41) is 43.8. The van der Waals surface area contributed by atoms with Crippen LogP contribution in [0.15, 0.2) is 11.6 Å². The number of carbonyl (C=O) groups is 1. The van der Waals surface area contributed by atoms with E-state index in [-0.39, 0.29) is 41.0 Å². The van der Waals surface area contributed by atoms with Crippen molar-refractivity contribution >= 4 is 5.78 Å². The lowest BCUT2D eigenvalue weighted by molar-refractivity contribution is -0.154. The second-order valence-electron chi connectivity index (χ2n) is 12.5. The van der Waals surface area contributed by atoms with E-state index >= 15 is 0 Å². The van der Waals surface area contributed by atoms with E-state index in [1.165, 1.54) is 0 Å². The van der Waals surface area contributed by atoms with Gasteiger partial charge in [0, 0.05) is 11.3 Å². The molecule has 4 N–H and O–H groups in total. The maximum absolute atomic E-state index is 13.2. The zero-order chi connectivity index (χ0) is 23.6. The minimum Gasteiger partial charge on any atom is -0.393 e. The van der Waals surface area contributed by atoms with Crippen LogP contribution < -0.4 is 0 Å². The highest BCUT2D eigenvalue weighted by atomic mass is 16.3. The zero-order valence-electron chi connectivity index (χ0n) is 20.6. The number of carbonyl (C=O) groups excluding carboxylic acids is 1. The highest BCUT2D eigenvalue weighted by molar-refractivity contribution is 5.95. The second-order valence-corrected chi connectivity index (χ2v) is 12.5. The van der Waals surface area contributed by atoms with Gasteiger partial charge in [0.1, 0.15) is 0 Å². The molecule has 0 aromatic heterocycles. The van der Waals surface area contributed by atoms with Crippen molar-refractivity contribution in [2.45, 2.75) is 110 Å². The van der Waals surface area contributed by atoms with Gasteiger partial charge in [0.15, 0.2) is 5.78 Å². The van der Waals surface area contributed by atoms with Crippen LogP contribution in [0.5, 0.6) is 0 Å². The Kier molecular flexibility index (Phi) is 6.23. The van der Waals surface area contributed by atoms with E-state index in [1.54, 1.807) is 6.08 Å². The summed E-state index contributed by atoms with van der Waals surface area (Å²) >= 11 is 0. The van der Waals surface area contributed by atoms with Crippen molar-refractivity contribution in [3.05, 3.63) is 11.6 Å². The lowest BCUT2D eigenvalue weighted by Crippen LogP contribution is -2.61. The Labute approximate surface area is 193 Å². The van der Waals surface area contributed by atoms with E-state index < -0.39 is 23.2 Å². The highest BCUT2D eigenvalue weighted by Gasteiger charge is 2.67. The van der Waals surface area contributed by atoms with Crippen molar-refractivity contribution in [3.63, 3.8) is 0 Å². The molecule has 0 saturated heterocycles. The molecule has 182 valence electrons. The molecule has 5 heteroatoms. The van der Waals surface area contributed by atoms with Gasteiger partial charge < -0.3 is 20.4 Å². The Morgan fingerprint density at radius 2 is 1.72 bits per heavy atom. The van der Waals surface area contributed by atoms with Gasteiger partial charge in [-0.1, -0.05) is 34.6 Å². The summed E-state index contributed by atoms with van der Waals surface area (Å²) in [7, 11) is 0. The molecule has 10 atom stereocenters. The van der Waals surface area contributed by atoms with Crippen molar-refractivity contribution < 1.29 is 25.2 Å². The summed E-state index contributed by atoms with van der Waals surface area (Å²) < 4.78 is 0. The number of fused-ring (bicyclic) bond motifs is 5. The van der Waals surface area contributed by atoms with Gasteiger partial charge in [-0.2, -0.15) is 0 Å². The highest BCUT2D eigenvalue weighted by Crippen LogP contribution is 2.68. The van der Waals surface area contributed by atoms with Crippen LogP contribution in [0.4, 0.5) is 0 Å². The van der Waals surface area contributed by atoms with Crippen LogP contribution in [0.1, 0.15) is 86.0 Å². The normalized spacial score (nSPS) is 48.0. The third kappa shape index (κ3) is 3.45. The number of hydrogen-bond donors (Lipinski definition) is 4. The van der Waals surface area contributed by atoms with E-state index in [2.05, 4.69) is 34.6 Å². The molecule has 3 saturated carbocycles. The Balaban J connectivity index is 1.64. The zero-order valence-corrected chi connectivity index (χ0v) is 20.6. The number of rotatable bonds is 5. The van der Waals surface area contributed by atoms with Gasteiger partial charge in [-0.3, -0.25) is 4.79 Å². The fourth-order valence-corrected chi connectivity index (χ4v) is 8.29. The van der Waals surface area contributed by atoms with Gasteiger partial charge >= 0.3 is 0 Å². The molecule has 0 amide bonds. The first-order valence-electron chi connectivity index (χ1n) is 12.9. The van der Waals surface area contributed by atoms with Crippen LogP contribution in [-0.4, -0.2) is 50.1 Å². The maximum atomic E-state index is 13.2. The molecule has 0 aliphatic heterocycles. The minimum absolute atomic E-state index is 0.00385. The van der Waals surface area contributed by atoms with Crippen LogP contribution in [0.25, 0.3) is 0 Å². The Hall–Kier alpha value is -0.750. The molecule has 0 spiro atoms. The maximum Gasteiger partial charge on any atom is 0.159 e. The fourth-order valence-electron chi connectivity index (χ4n) is 8.29. The van der Waals surface area contributed by atoms with Gasteiger partial charge in [-0.15, -0.1) is 0 Å². The first kappa shape index (κ1) is 24.4. The first-order chi connectivity index (χ1) is 14.8. The van der Waals surface area contributed by atoms with E-state index in [0.717, 1.165) is 37.7 Å². The van der Waals surface area contributed by atoms with Crippen LogP contribution in [0.3, 0.4) is 0 Å². The van der Waals surface area contributed by atoms with E-state index in [1.807, 2.05) is 0 Å². The minimum atomic E-state index is -1.04. The summed E-state index contributed by atoms with van der Waals surface area (Å²) in [6.07, 6.45) is 5.34. The van der Waals surface area contributed by atoms with Gasteiger partial charge in [-0.05, 0) is 92.1 Å². The van der Waals surface area contributed by atoms with E-state index in [4.69, 9.17) is 0 Å². The third-order valence-corrected chi connectivity index (χ3v) is 10.5. The summed E-state index contributed by atoms with van der Waals surface area (Å²) in [5.41, 5.74) is -0.983. The van der Waals surface area contributed by atoms with Crippen molar-refractivity contribution in [2.75, 3.05) is 0 Å². The SMILES string of the molecule is CC(C)CC[C@@H](O)[C@@H](C)[C@H]1CCC2(O)C3=CC(=O)[C@@H]4C[C@@H](O)[C@@H](O)C[C@]4(C)[C@H]3CC[C@]12C. The van der Waals surface area contributed by atoms with E-state index in [9.17, 15) is 25.2 Å². The van der Waals surface area contributed by atoms with Crippen molar-refractivity contribution in [2.24, 2.45) is 40.4 Å². The Morgan fingerprint density at radius 3 is 2.38 bits per heavy atom. The predicted molar refractivity (Wildman–Crippen MR) is 124 cm³/mol. The summed E-state index contributed by atoms with van der Waals surface area (Å²) in [6.45, 7) is 10.7. The Morgan fingerprint density at radius 1 is 1.03 bits per heavy atom. The third-order valence-electron chi connectivity index (χ3n) is 10.5. The molecule has 32 heavy (non-hydrogen) atoms. The number of allylic oxidation sites excluding steroid dienone is 1. The van der Waals surface area contributed by atoms with Crippen LogP contribution >= 0.6 is 0 Å². The molecule has 0 radical (unpaired) electrons. The molecule has 0 aromatic carbocycles. The molecule has 1 unspecified atom stereocenters. The standard InChI is InChI=1S/C27H44O5/c1-15(2)6-7-21(28)16(3)17-9-11-27(32)19-12-22(29)20-13-23(30)24(31)14-25(20,4)18(19)8-10-26(17,27)5/h12,15-18,20-21,23-24,28,30-32H,6-11,13-14H2,1-5H3/t16-,17+,18-,20-,21+,23+,24-,25+,26+,27?/m0/s1. The smallest absolute Gasteiger partial charge is 0.159 e. The molecule has 4 aliphatic rings. The molecule has 3 fully saturated rings. The largest absolute Gasteiger partial charge is 0.393 e. The number of hydrogen-bond acceptors (Lipinski definition) is 5. The molecule has 5 nitrogen and oxygen atoms in total. The average molecular weight is 449 g/mol. The summed E-state index contributed by atoms with van der Waals surface area (Å²) in [5.74, 6) is 0.604. The molecule has 0 bridgehead atoms. The van der Waals surface area contributed by atoms with Gasteiger partial charge in [0.05, 0.1) is 23.9 Å².